The molecule has 2 N–H and O–H groups in total. The number of nitrogens with zero attached hydrogens (tertiary/aromatic N) is 2. The molecule has 0 radical (unpaired) electrons. The number of aromatic nitrogens is 2. The zero-order valence-corrected chi connectivity index (χ0v) is 13.4. The van der Waals surface area contributed by atoms with Crippen LogP contribution < -0.4 is 10.1 Å². The third-order valence-corrected chi connectivity index (χ3v) is 3.59. The van der Waals surface area contributed by atoms with E-state index in [0.29, 0.717) is 12.3 Å². The van der Waals surface area contributed by atoms with Crippen molar-refractivity contribution in [3.63, 3.8) is 0 Å². The fourth-order valence-electron chi connectivity index (χ4n) is 2.43. The van der Waals surface area contributed by atoms with Crippen LogP contribution in [0.1, 0.15) is 5.56 Å². The van der Waals surface area contributed by atoms with Crippen molar-refractivity contribution in [1.82, 2.24) is 15.1 Å². The van der Waals surface area contributed by atoms with Gasteiger partial charge in [-0.25, -0.2) is 4.79 Å². The Morgan fingerprint density at radius 2 is 2.00 bits per heavy atom. The predicted octanol–water partition coefficient (Wildman–Crippen LogP) is 1.82. The van der Waals surface area contributed by atoms with Crippen molar-refractivity contribution in [2.24, 2.45) is 0 Å². The standard InChI is InChI=1S/C18H17N3O4/c22-17(11-21-16-7-2-1-5-14(16)10-20-21)19-9-13-4-3-6-15(8-13)25-12-18(23)24/h1-8,10H,9,11-12H2,(H,19,22)(H,23,24). The van der Waals surface area contributed by atoms with Crippen LogP contribution in [0.15, 0.2) is 54.7 Å². The lowest BCUT2D eigenvalue weighted by molar-refractivity contribution is -0.139. The van der Waals surface area contributed by atoms with Crippen LogP contribution >= 0.6 is 0 Å². The molecular formula is C18H17N3O4. The Morgan fingerprint density at radius 1 is 1.16 bits per heavy atom. The van der Waals surface area contributed by atoms with Crippen LogP contribution in [-0.2, 0) is 22.7 Å². The molecule has 0 aliphatic carbocycles. The van der Waals surface area contributed by atoms with E-state index in [0.717, 1.165) is 16.5 Å². The van der Waals surface area contributed by atoms with E-state index in [1.54, 1.807) is 29.1 Å². The van der Waals surface area contributed by atoms with Gasteiger partial charge in [-0.05, 0) is 23.8 Å². The van der Waals surface area contributed by atoms with Crippen molar-refractivity contribution in [2.45, 2.75) is 13.1 Å². The summed E-state index contributed by atoms with van der Waals surface area (Å²) in [5, 5.41) is 16.7. The van der Waals surface area contributed by atoms with Crippen molar-refractivity contribution >= 4 is 22.8 Å². The maximum absolute atomic E-state index is 12.1. The molecule has 1 aromatic heterocycles. The lowest BCUT2D eigenvalue weighted by atomic mass is 10.2. The highest BCUT2D eigenvalue weighted by atomic mass is 16.5. The Hall–Kier alpha value is -3.35. The van der Waals surface area contributed by atoms with Crippen molar-refractivity contribution in [1.29, 1.82) is 0 Å². The molecule has 128 valence electrons. The van der Waals surface area contributed by atoms with Crippen LogP contribution in [0.2, 0.25) is 0 Å². The van der Waals surface area contributed by atoms with Gasteiger partial charge < -0.3 is 15.2 Å². The van der Waals surface area contributed by atoms with Crippen LogP contribution in [0.4, 0.5) is 0 Å². The Kier molecular flexibility index (Phi) is 4.94. The maximum Gasteiger partial charge on any atom is 0.341 e. The number of carbonyl (C=O) groups excluding carboxylic acids is 1. The number of ether oxygens (including phenoxy) is 1. The average molecular weight is 339 g/mol. The van der Waals surface area contributed by atoms with Crippen LogP contribution in [0.25, 0.3) is 10.9 Å². The molecule has 0 aliphatic heterocycles. The Balaban J connectivity index is 1.57. The lowest BCUT2D eigenvalue weighted by Crippen LogP contribution is -2.27. The Bertz CT molecular complexity index is 904. The molecule has 2 aromatic carbocycles. The summed E-state index contributed by atoms with van der Waals surface area (Å²) in [5.41, 5.74) is 1.73. The average Bonchev–Trinajstić information content (AvgIpc) is 3.02. The minimum Gasteiger partial charge on any atom is -0.482 e. The van der Waals surface area contributed by atoms with E-state index in [-0.39, 0.29) is 12.5 Å². The number of benzene rings is 2. The number of fused-ring (bicyclic) bond motifs is 1. The molecule has 7 nitrogen and oxygen atoms in total. The van der Waals surface area contributed by atoms with Crippen molar-refractivity contribution in [3.05, 3.63) is 60.3 Å². The van der Waals surface area contributed by atoms with E-state index in [2.05, 4.69) is 10.4 Å². The van der Waals surface area contributed by atoms with Gasteiger partial charge in [0, 0.05) is 11.9 Å². The summed E-state index contributed by atoms with van der Waals surface area (Å²) in [6.07, 6.45) is 1.73. The zero-order valence-electron chi connectivity index (χ0n) is 13.4. The first-order valence-electron chi connectivity index (χ1n) is 7.72. The monoisotopic (exact) mass is 339 g/mol. The highest BCUT2D eigenvalue weighted by Gasteiger charge is 2.07. The molecule has 0 atom stereocenters. The number of aliphatic carboxylic acids is 1. The summed E-state index contributed by atoms with van der Waals surface area (Å²) in [5.74, 6) is -0.747. The molecule has 0 bridgehead atoms. The van der Waals surface area contributed by atoms with E-state index in [4.69, 9.17) is 9.84 Å². The zero-order chi connectivity index (χ0) is 17.6. The van der Waals surface area contributed by atoms with Crippen LogP contribution in [-0.4, -0.2) is 33.4 Å². The SMILES string of the molecule is O=C(O)COc1cccc(CNC(=O)Cn2ncc3ccccc32)c1. The normalized spacial score (nSPS) is 10.6. The fraction of sp³-hybridized carbons (Fsp3) is 0.167. The highest BCUT2D eigenvalue weighted by molar-refractivity contribution is 5.81. The predicted molar refractivity (Wildman–Crippen MR) is 91.2 cm³/mol. The van der Waals surface area contributed by atoms with Gasteiger partial charge in [0.1, 0.15) is 12.3 Å². The third-order valence-electron chi connectivity index (χ3n) is 3.59. The first-order chi connectivity index (χ1) is 12.1. The molecule has 0 unspecified atom stereocenters. The van der Waals surface area contributed by atoms with Gasteiger partial charge in [-0.3, -0.25) is 9.48 Å². The number of hydrogen-bond acceptors (Lipinski definition) is 4. The number of nitrogens with one attached hydrogen (secondary N) is 1. The molecule has 0 aliphatic rings. The lowest BCUT2D eigenvalue weighted by Gasteiger charge is -2.08. The van der Waals surface area contributed by atoms with Crippen molar-refractivity contribution < 1.29 is 19.4 Å². The van der Waals surface area contributed by atoms with E-state index in [1.807, 2.05) is 30.3 Å². The fourth-order valence-corrected chi connectivity index (χ4v) is 2.43. The second-order valence-corrected chi connectivity index (χ2v) is 5.47. The van der Waals surface area contributed by atoms with Gasteiger partial charge in [0.25, 0.3) is 0 Å². The molecule has 25 heavy (non-hydrogen) atoms. The number of carboxylic acids is 1. The van der Waals surface area contributed by atoms with Gasteiger partial charge in [0.05, 0.1) is 11.7 Å². The highest BCUT2D eigenvalue weighted by Crippen LogP contribution is 2.14. The van der Waals surface area contributed by atoms with E-state index < -0.39 is 12.6 Å². The molecule has 7 heteroatoms. The molecule has 0 saturated carbocycles. The minimum absolute atomic E-state index is 0.128. The van der Waals surface area contributed by atoms with E-state index in [9.17, 15) is 9.59 Å². The second kappa shape index (κ2) is 7.48. The molecule has 0 fully saturated rings. The van der Waals surface area contributed by atoms with Crippen molar-refractivity contribution in [2.75, 3.05) is 6.61 Å². The number of amides is 1. The minimum atomic E-state index is -1.04. The van der Waals surface area contributed by atoms with Gasteiger partial charge in [0.15, 0.2) is 6.61 Å². The smallest absolute Gasteiger partial charge is 0.341 e. The van der Waals surface area contributed by atoms with Crippen LogP contribution in [0.5, 0.6) is 5.75 Å². The number of rotatable bonds is 7. The summed E-state index contributed by atoms with van der Waals surface area (Å²) < 4.78 is 6.77. The molecule has 1 heterocycles. The summed E-state index contributed by atoms with van der Waals surface area (Å²) >= 11 is 0. The third kappa shape index (κ3) is 4.35. The molecule has 0 saturated heterocycles. The number of carbonyl (C=O) groups is 2. The molecule has 3 aromatic rings. The molecular weight excluding hydrogens is 322 g/mol. The van der Waals surface area contributed by atoms with Gasteiger partial charge in [-0.15, -0.1) is 0 Å². The van der Waals surface area contributed by atoms with Crippen molar-refractivity contribution in [3.8, 4) is 5.75 Å². The Morgan fingerprint density at radius 3 is 2.84 bits per heavy atom. The summed E-state index contributed by atoms with van der Waals surface area (Å²) in [6, 6.07) is 14.6. The van der Waals surface area contributed by atoms with Gasteiger partial charge in [0.2, 0.25) is 5.91 Å². The summed E-state index contributed by atoms with van der Waals surface area (Å²) in [4.78, 5) is 22.7. The van der Waals surface area contributed by atoms with Crippen LogP contribution in [0, 0.1) is 0 Å². The second-order valence-electron chi connectivity index (χ2n) is 5.47. The number of para-hydroxylation sites is 1. The Labute approximate surface area is 143 Å². The largest absolute Gasteiger partial charge is 0.482 e. The number of hydrogen-bond donors (Lipinski definition) is 2. The van der Waals surface area contributed by atoms with Gasteiger partial charge >= 0.3 is 5.97 Å². The van der Waals surface area contributed by atoms with Crippen LogP contribution in [0.3, 0.4) is 0 Å². The molecule has 1 amide bonds. The molecule has 3 rings (SSSR count). The first kappa shape index (κ1) is 16.5. The van der Waals surface area contributed by atoms with E-state index in [1.165, 1.54) is 0 Å². The number of carboxylic acid groups (broad SMARTS) is 1. The summed E-state index contributed by atoms with van der Waals surface area (Å²) in [7, 11) is 0. The van der Waals surface area contributed by atoms with Gasteiger partial charge in [-0.1, -0.05) is 30.3 Å². The maximum atomic E-state index is 12.1. The van der Waals surface area contributed by atoms with E-state index >= 15 is 0 Å². The molecule has 0 spiro atoms. The summed E-state index contributed by atoms with van der Waals surface area (Å²) in [6.45, 7) is 0.0488. The van der Waals surface area contributed by atoms with Gasteiger partial charge in [-0.2, -0.15) is 5.10 Å². The topological polar surface area (TPSA) is 93.5 Å². The first-order valence-corrected chi connectivity index (χ1v) is 7.72. The quantitative estimate of drug-likeness (QED) is 0.685.